The second kappa shape index (κ2) is 8.31. The smallest absolute Gasteiger partial charge is 0.0166 e. The molecular formula is C14H18. The van der Waals surface area contributed by atoms with E-state index in [0.29, 0.717) is 0 Å². The van der Waals surface area contributed by atoms with E-state index in [1.165, 1.54) is 19.3 Å². The highest BCUT2D eigenvalue weighted by molar-refractivity contribution is 5.15. The lowest BCUT2D eigenvalue weighted by Gasteiger charge is -1.89. The molecule has 0 saturated carbocycles. The molecule has 0 aliphatic heterocycles. The van der Waals surface area contributed by atoms with Crippen LogP contribution in [0, 0.1) is 0 Å². The Kier molecular flexibility index (Phi) is 6.39. The quantitative estimate of drug-likeness (QED) is 0.494. The summed E-state index contributed by atoms with van der Waals surface area (Å²) in [4.78, 5) is 0. The lowest BCUT2D eigenvalue weighted by molar-refractivity contribution is 0.866. The van der Waals surface area contributed by atoms with Gasteiger partial charge >= 0.3 is 0 Å². The molecule has 1 rings (SSSR count). The van der Waals surface area contributed by atoms with Crippen LogP contribution >= 0.6 is 0 Å². The molecule has 0 aromatic heterocycles. The molecule has 0 fully saturated rings. The molecule has 0 aromatic carbocycles. The molecule has 14 heavy (non-hydrogen) atoms. The second-order valence-electron chi connectivity index (χ2n) is 3.26. The van der Waals surface area contributed by atoms with Crippen LogP contribution in [0.2, 0.25) is 0 Å². The molecule has 0 amide bonds. The van der Waals surface area contributed by atoms with Gasteiger partial charge in [0.25, 0.3) is 0 Å². The Labute approximate surface area is 87.0 Å². The summed E-state index contributed by atoms with van der Waals surface area (Å²) < 4.78 is 0. The normalized spacial score (nSPS) is 25.1. The van der Waals surface area contributed by atoms with Crippen LogP contribution in [-0.2, 0) is 0 Å². The fourth-order valence-corrected chi connectivity index (χ4v) is 1.23. The van der Waals surface area contributed by atoms with E-state index >= 15 is 0 Å². The minimum atomic E-state index is 1.05. The van der Waals surface area contributed by atoms with E-state index in [2.05, 4.69) is 60.8 Å². The van der Waals surface area contributed by atoms with Crippen LogP contribution in [0.25, 0.3) is 0 Å². The fourth-order valence-electron chi connectivity index (χ4n) is 1.23. The SMILES string of the molecule is C1=CCCCC=CC/C=C/C=C/C=C\1. The topological polar surface area (TPSA) is 0 Å². The summed E-state index contributed by atoms with van der Waals surface area (Å²) in [6.07, 6.45) is 26.0. The third-order valence-corrected chi connectivity index (χ3v) is 2.01. The maximum atomic E-state index is 2.27. The Bertz CT molecular complexity index is 262. The minimum absolute atomic E-state index is 1.05. The van der Waals surface area contributed by atoms with E-state index < -0.39 is 0 Å². The van der Waals surface area contributed by atoms with Gasteiger partial charge in [0.05, 0.1) is 0 Å². The van der Waals surface area contributed by atoms with Crippen molar-refractivity contribution in [1.82, 2.24) is 0 Å². The molecule has 0 bridgehead atoms. The lowest BCUT2D eigenvalue weighted by atomic mass is 10.2. The highest BCUT2D eigenvalue weighted by atomic mass is 13.9. The molecule has 0 heterocycles. The van der Waals surface area contributed by atoms with Gasteiger partial charge in [0.1, 0.15) is 0 Å². The average Bonchev–Trinajstić information content (AvgIpc) is 2.22. The standard InChI is InChI=1S/C14H18/c1-2-4-6-8-10-12-14-13-11-9-7-5-3-1/h1-8,11,13H,9-10,12,14H2/b3-1+,4-2-,7-5+,8-6?,13-11?. The fraction of sp³-hybridized carbons (Fsp3) is 0.286. The van der Waals surface area contributed by atoms with Gasteiger partial charge in [-0.05, 0) is 25.7 Å². The summed E-state index contributed by atoms with van der Waals surface area (Å²) >= 11 is 0. The molecule has 0 aromatic rings. The van der Waals surface area contributed by atoms with Crippen LogP contribution < -0.4 is 0 Å². The van der Waals surface area contributed by atoms with Crippen molar-refractivity contribution < 1.29 is 0 Å². The van der Waals surface area contributed by atoms with Gasteiger partial charge in [0.2, 0.25) is 0 Å². The average molecular weight is 186 g/mol. The summed E-state index contributed by atoms with van der Waals surface area (Å²) in [7, 11) is 0. The number of allylic oxidation sites excluding steroid dienone is 10. The van der Waals surface area contributed by atoms with Gasteiger partial charge in [-0.25, -0.2) is 0 Å². The van der Waals surface area contributed by atoms with E-state index in [1.54, 1.807) is 0 Å². The second-order valence-corrected chi connectivity index (χ2v) is 3.26. The zero-order valence-corrected chi connectivity index (χ0v) is 8.60. The van der Waals surface area contributed by atoms with E-state index in [0.717, 1.165) is 6.42 Å². The van der Waals surface area contributed by atoms with Crippen LogP contribution in [0.15, 0.2) is 60.8 Å². The molecule has 0 nitrogen and oxygen atoms in total. The van der Waals surface area contributed by atoms with Gasteiger partial charge in [-0.1, -0.05) is 60.8 Å². The maximum absolute atomic E-state index is 2.27. The van der Waals surface area contributed by atoms with Crippen molar-refractivity contribution in [3.8, 4) is 0 Å². The van der Waals surface area contributed by atoms with Gasteiger partial charge in [-0.15, -0.1) is 0 Å². The Balaban J connectivity index is 2.46. The molecule has 0 spiro atoms. The first-order chi connectivity index (χ1) is 7.00. The lowest BCUT2D eigenvalue weighted by Crippen LogP contribution is -1.69. The predicted octanol–water partition coefficient (Wildman–Crippen LogP) is 4.34. The van der Waals surface area contributed by atoms with Gasteiger partial charge < -0.3 is 0 Å². The van der Waals surface area contributed by atoms with Crippen molar-refractivity contribution in [3.05, 3.63) is 60.8 Å². The molecule has 74 valence electrons. The van der Waals surface area contributed by atoms with E-state index in [9.17, 15) is 0 Å². The van der Waals surface area contributed by atoms with Crippen molar-refractivity contribution in [2.45, 2.75) is 25.7 Å². The molecule has 0 atom stereocenters. The van der Waals surface area contributed by atoms with Crippen molar-refractivity contribution in [3.63, 3.8) is 0 Å². The largest absolute Gasteiger partial charge is 0.0882 e. The first kappa shape index (κ1) is 10.8. The Morgan fingerprint density at radius 2 is 1.14 bits per heavy atom. The molecule has 0 N–H and O–H groups in total. The monoisotopic (exact) mass is 186 g/mol. The third-order valence-electron chi connectivity index (χ3n) is 2.01. The van der Waals surface area contributed by atoms with Crippen molar-refractivity contribution in [2.75, 3.05) is 0 Å². The summed E-state index contributed by atoms with van der Waals surface area (Å²) in [5.74, 6) is 0. The first-order valence-electron chi connectivity index (χ1n) is 5.30. The molecule has 1 aliphatic carbocycles. The summed E-state index contributed by atoms with van der Waals surface area (Å²) in [5, 5.41) is 0. The van der Waals surface area contributed by atoms with E-state index in [4.69, 9.17) is 0 Å². The predicted molar refractivity (Wildman–Crippen MR) is 64.2 cm³/mol. The van der Waals surface area contributed by atoms with Gasteiger partial charge in [-0.2, -0.15) is 0 Å². The van der Waals surface area contributed by atoms with Crippen LogP contribution in [0.5, 0.6) is 0 Å². The van der Waals surface area contributed by atoms with E-state index in [1.807, 2.05) is 0 Å². The minimum Gasteiger partial charge on any atom is -0.0882 e. The zero-order valence-electron chi connectivity index (χ0n) is 8.60. The Hall–Kier alpha value is -1.30. The molecule has 0 radical (unpaired) electrons. The first-order valence-corrected chi connectivity index (χ1v) is 5.30. The summed E-state index contributed by atoms with van der Waals surface area (Å²) in [5.41, 5.74) is 0. The zero-order chi connectivity index (χ0) is 9.90. The number of rotatable bonds is 0. The molecule has 0 saturated heterocycles. The summed E-state index contributed by atoms with van der Waals surface area (Å²) in [6, 6.07) is 0. The molecular weight excluding hydrogens is 168 g/mol. The summed E-state index contributed by atoms with van der Waals surface area (Å²) in [6.45, 7) is 0. The van der Waals surface area contributed by atoms with Gasteiger partial charge in [0, 0.05) is 0 Å². The van der Waals surface area contributed by atoms with Crippen LogP contribution in [0.3, 0.4) is 0 Å². The highest BCUT2D eigenvalue weighted by Gasteiger charge is 1.79. The van der Waals surface area contributed by atoms with Crippen molar-refractivity contribution in [2.24, 2.45) is 0 Å². The number of hydrogen-bond donors (Lipinski definition) is 0. The van der Waals surface area contributed by atoms with Gasteiger partial charge in [0.15, 0.2) is 0 Å². The van der Waals surface area contributed by atoms with Crippen molar-refractivity contribution in [1.29, 1.82) is 0 Å². The van der Waals surface area contributed by atoms with Crippen LogP contribution in [0.4, 0.5) is 0 Å². The Morgan fingerprint density at radius 1 is 0.500 bits per heavy atom. The molecule has 0 unspecified atom stereocenters. The van der Waals surface area contributed by atoms with E-state index in [-0.39, 0.29) is 0 Å². The van der Waals surface area contributed by atoms with Crippen LogP contribution in [0.1, 0.15) is 25.7 Å². The number of hydrogen-bond acceptors (Lipinski definition) is 0. The Morgan fingerprint density at radius 3 is 2.00 bits per heavy atom. The molecule has 0 heteroatoms. The maximum Gasteiger partial charge on any atom is -0.0166 e. The third kappa shape index (κ3) is 6.24. The van der Waals surface area contributed by atoms with Crippen molar-refractivity contribution >= 4 is 0 Å². The molecule has 1 aliphatic rings. The highest BCUT2D eigenvalue weighted by Crippen LogP contribution is 2.00. The van der Waals surface area contributed by atoms with Crippen LogP contribution in [-0.4, -0.2) is 0 Å². The van der Waals surface area contributed by atoms with Gasteiger partial charge in [-0.3, -0.25) is 0 Å².